The van der Waals surface area contributed by atoms with Gasteiger partial charge in [0.1, 0.15) is 0 Å². The molecule has 5 nitrogen and oxygen atoms in total. The highest BCUT2D eigenvalue weighted by Crippen LogP contribution is 2.26. The van der Waals surface area contributed by atoms with E-state index in [4.69, 9.17) is 10.8 Å². The summed E-state index contributed by atoms with van der Waals surface area (Å²) in [6.45, 7) is 3.92. The molecule has 0 saturated carbocycles. The van der Waals surface area contributed by atoms with Gasteiger partial charge in [-0.3, -0.25) is 4.79 Å². The number of carboxylic acid groups (broad SMARTS) is 1. The summed E-state index contributed by atoms with van der Waals surface area (Å²) in [5.41, 5.74) is 6.08. The molecule has 0 heterocycles. The number of amides is 1. The molecule has 0 aliphatic heterocycles. The molecule has 0 saturated heterocycles. The van der Waals surface area contributed by atoms with Gasteiger partial charge in [-0.2, -0.15) is 0 Å². The monoisotopic (exact) mass is 314 g/mol. The van der Waals surface area contributed by atoms with Crippen molar-refractivity contribution in [2.75, 3.05) is 5.32 Å². The Morgan fingerprint density at radius 3 is 2.50 bits per heavy atom. The second kappa shape index (κ2) is 5.86. The second-order valence-corrected chi connectivity index (χ2v) is 4.86. The van der Waals surface area contributed by atoms with E-state index in [9.17, 15) is 9.59 Å². The number of aromatic carboxylic acids is 1. The minimum Gasteiger partial charge on any atom is -0.478 e. The van der Waals surface area contributed by atoms with Gasteiger partial charge in [-0.25, -0.2) is 4.79 Å². The molecule has 0 unspecified atom stereocenters. The highest BCUT2D eigenvalue weighted by Gasteiger charge is 2.17. The standard InChI is InChI=1S/C12H15BrN2O3/c1-3-6(2)15-10-5-7(12(17)18)9(13)4-8(10)11(14)16/h4-6,15H,3H2,1-2H3,(H2,14,16)(H,17,18)/t6-/m1/s1. The van der Waals surface area contributed by atoms with Gasteiger partial charge in [-0.15, -0.1) is 0 Å². The maximum absolute atomic E-state index is 11.3. The van der Waals surface area contributed by atoms with Crippen LogP contribution in [0.2, 0.25) is 0 Å². The van der Waals surface area contributed by atoms with Gasteiger partial charge in [-0.1, -0.05) is 6.92 Å². The normalized spacial score (nSPS) is 11.9. The van der Waals surface area contributed by atoms with Crippen LogP contribution in [-0.2, 0) is 0 Å². The van der Waals surface area contributed by atoms with E-state index in [0.717, 1.165) is 6.42 Å². The Morgan fingerprint density at radius 1 is 1.44 bits per heavy atom. The Kier molecular flexibility index (Phi) is 4.72. The van der Waals surface area contributed by atoms with E-state index in [1.165, 1.54) is 12.1 Å². The average Bonchev–Trinajstić information content (AvgIpc) is 2.29. The molecule has 98 valence electrons. The number of rotatable bonds is 5. The third kappa shape index (κ3) is 3.22. The van der Waals surface area contributed by atoms with Crippen molar-refractivity contribution in [1.82, 2.24) is 0 Å². The Morgan fingerprint density at radius 2 is 2.06 bits per heavy atom. The van der Waals surface area contributed by atoms with Crippen molar-refractivity contribution in [2.24, 2.45) is 5.73 Å². The van der Waals surface area contributed by atoms with E-state index in [1.54, 1.807) is 0 Å². The molecule has 0 aliphatic carbocycles. The first-order chi connectivity index (χ1) is 8.36. The third-order valence-electron chi connectivity index (χ3n) is 2.62. The first kappa shape index (κ1) is 14.5. The van der Waals surface area contributed by atoms with Crippen molar-refractivity contribution in [3.8, 4) is 0 Å². The zero-order valence-electron chi connectivity index (χ0n) is 10.2. The predicted octanol–water partition coefficient (Wildman–Crippen LogP) is 2.46. The molecule has 1 amide bonds. The largest absolute Gasteiger partial charge is 0.478 e. The number of nitrogens with one attached hydrogen (secondary N) is 1. The van der Waals surface area contributed by atoms with Crippen LogP contribution in [0.1, 0.15) is 41.0 Å². The lowest BCUT2D eigenvalue weighted by Crippen LogP contribution is -2.20. The third-order valence-corrected chi connectivity index (χ3v) is 3.27. The van der Waals surface area contributed by atoms with E-state index < -0.39 is 11.9 Å². The summed E-state index contributed by atoms with van der Waals surface area (Å²) in [5, 5.41) is 12.1. The van der Waals surface area contributed by atoms with Crippen molar-refractivity contribution in [3.63, 3.8) is 0 Å². The van der Waals surface area contributed by atoms with Crippen molar-refractivity contribution >= 4 is 33.5 Å². The van der Waals surface area contributed by atoms with Crippen LogP contribution in [0.25, 0.3) is 0 Å². The summed E-state index contributed by atoms with van der Waals surface area (Å²) in [5.74, 6) is -1.66. The minimum atomic E-state index is -1.06. The topological polar surface area (TPSA) is 92.4 Å². The second-order valence-electron chi connectivity index (χ2n) is 4.00. The van der Waals surface area contributed by atoms with Crippen LogP contribution in [0.5, 0.6) is 0 Å². The number of hydrogen-bond acceptors (Lipinski definition) is 3. The van der Waals surface area contributed by atoms with E-state index in [0.29, 0.717) is 10.2 Å². The molecular weight excluding hydrogens is 300 g/mol. The van der Waals surface area contributed by atoms with Gasteiger partial charge in [0.2, 0.25) is 0 Å². The van der Waals surface area contributed by atoms with Gasteiger partial charge in [0.25, 0.3) is 5.91 Å². The molecular formula is C12H15BrN2O3. The SMILES string of the molecule is CC[C@@H](C)Nc1cc(C(=O)O)c(Br)cc1C(N)=O. The highest BCUT2D eigenvalue weighted by atomic mass is 79.9. The number of anilines is 1. The molecule has 0 bridgehead atoms. The molecule has 1 aromatic rings. The Hall–Kier alpha value is -1.56. The lowest BCUT2D eigenvalue weighted by molar-refractivity contribution is 0.0695. The molecule has 0 aliphatic rings. The van der Waals surface area contributed by atoms with Gasteiger partial charge in [0.15, 0.2) is 0 Å². The van der Waals surface area contributed by atoms with Gasteiger partial charge in [0.05, 0.1) is 11.1 Å². The summed E-state index contributed by atoms with van der Waals surface area (Å²) in [7, 11) is 0. The fraction of sp³-hybridized carbons (Fsp3) is 0.333. The first-order valence-corrected chi connectivity index (χ1v) is 6.29. The van der Waals surface area contributed by atoms with E-state index in [-0.39, 0.29) is 17.2 Å². The van der Waals surface area contributed by atoms with Crippen LogP contribution in [-0.4, -0.2) is 23.0 Å². The zero-order chi connectivity index (χ0) is 13.9. The van der Waals surface area contributed by atoms with Crippen LogP contribution in [0.15, 0.2) is 16.6 Å². The Bertz CT molecular complexity index is 488. The number of nitrogens with two attached hydrogens (primary N) is 1. The summed E-state index contributed by atoms with van der Waals surface area (Å²) in [4.78, 5) is 22.4. The number of benzene rings is 1. The number of hydrogen-bond donors (Lipinski definition) is 3. The van der Waals surface area contributed by atoms with Crippen LogP contribution in [0.4, 0.5) is 5.69 Å². The van der Waals surface area contributed by atoms with E-state index >= 15 is 0 Å². The van der Waals surface area contributed by atoms with Crippen molar-refractivity contribution in [2.45, 2.75) is 26.3 Å². The number of halogens is 1. The Labute approximate surface area is 113 Å². The predicted molar refractivity (Wildman–Crippen MR) is 73.0 cm³/mol. The lowest BCUT2D eigenvalue weighted by Gasteiger charge is -2.16. The smallest absolute Gasteiger partial charge is 0.336 e. The molecule has 0 radical (unpaired) electrons. The summed E-state index contributed by atoms with van der Waals surface area (Å²) >= 11 is 3.12. The molecule has 1 rings (SSSR count). The highest BCUT2D eigenvalue weighted by molar-refractivity contribution is 9.10. The van der Waals surface area contributed by atoms with Gasteiger partial charge >= 0.3 is 5.97 Å². The fourth-order valence-electron chi connectivity index (χ4n) is 1.43. The number of carbonyl (C=O) groups is 2. The molecule has 6 heteroatoms. The van der Waals surface area contributed by atoms with Gasteiger partial charge in [0, 0.05) is 16.2 Å². The first-order valence-electron chi connectivity index (χ1n) is 5.50. The van der Waals surface area contributed by atoms with Crippen LogP contribution in [0, 0.1) is 0 Å². The average molecular weight is 315 g/mol. The molecule has 0 fully saturated rings. The summed E-state index contributed by atoms with van der Waals surface area (Å²) < 4.78 is 0.332. The molecule has 0 aromatic heterocycles. The van der Waals surface area contributed by atoms with E-state index in [2.05, 4.69) is 21.2 Å². The quantitative estimate of drug-likeness (QED) is 0.778. The molecule has 18 heavy (non-hydrogen) atoms. The van der Waals surface area contributed by atoms with E-state index in [1.807, 2.05) is 13.8 Å². The Balaban J connectivity index is 3.30. The molecule has 1 aromatic carbocycles. The van der Waals surface area contributed by atoms with Crippen molar-refractivity contribution in [1.29, 1.82) is 0 Å². The number of primary amides is 1. The maximum Gasteiger partial charge on any atom is 0.336 e. The van der Waals surface area contributed by atoms with Crippen LogP contribution in [0.3, 0.4) is 0 Å². The van der Waals surface area contributed by atoms with Gasteiger partial charge < -0.3 is 16.2 Å². The molecule has 4 N–H and O–H groups in total. The lowest BCUT2D eigenvalue weighted by atomic mass is 10.1. The van der Waals surface area contributed by atoms with Crippen LogP contribution >= 0.6 is 15.9 Å². The van der Waals surface area contributed by atoms with Crippen molar-refractivity contribution < 1.29 is 14.7 Å². The minimum absolute atomic E-state index is 0.0887. The number of carboxylic acids is 1. The molecule has 1 atom stereocenters. The van der Waals surface area contributed by atoms with Gasteiger partial charge in [-0.05, 0) is 41.4 Å². The number of carbonyl (C=O) groups excluding carboxylic acids is 1. The fourth-order valence-corrected chi connectivity index (χ4v) is 1.94. The van der Waals surface area contributed by atoms with Crippen LogP contribution < -0.4 is 11.1 Å². The summed E-state index contributed by atoms with van der Waals surface area (Å²) in [6, 6.07) is 2.96. The zero-order valence-corrected chi connectivity index (χ0v) is 11.7. The maximum atomic E-state index is 11.3. The summed E-state index contributed by atoms with van der Waals surface area (Å²) in [6.07, 6.45) is 0.844. The molecule has 0 spiro atoms. The van der Waals surface area contributed by atoms with Crippen molar-refractivity contribution in [3.05, 3.63) is 27.7 Å².